The van der Waals surface area contributed by atoms with E-state index < -0.39 is 23.9 Å². The summed E-state index contributed by atoms with van der Waals surface area (Å²) in [6.45, 7) is 1.70. The van der Waals surface area contributed by atoms with Crippen LogP contribution in [0.15, 0.2) is 52.4 Å². The third-order valence-electron chi connectivity index (χ3n) is 4.16. The van der Waals surface area contributed by atoms with Crippen LogP contribution in [0.4, 0.5) is 5.69 Å². The maximum atomic E-state index is 12.3. The summed E-state index contributed by atoms with van der Waals surface area (Å²) in [5.74, 6) is -2.59. The summed E-state index contributed by atoms with van der Waals surface area (Å²) in [6.07, 6.45) is 0.917. The number of aliphatic carboxylic acids is 1. The maximum Gasteiger partial charge on any atom is 0.344 e. The SMILES string of the molecule is CCC(Oc1cccc(/C=C2\SC(=Nc3ccc(O)cc3C(=O)O)NC2=O)c1)C(=O)O. The van der Waals surface area contributed by atoms with E-state index >= 15 is 0 Å². The summed E-state index contributed by atoms with van der Waals surface area (Å²) in [4.78, 5) is 39.3. The molecule has 10 heteroatoms. The van der Waals surface area contributed by atoms with E-state index in [1.807, 2.05) is 0 Å². The molecule has 0 aromatic heterocycles. The minimum atomic E-state index is -1.26. The highest BCUT2D eigenvalue weighted by molar-refractivity contribution is 8.18. The average molecular weight is 442 g/mol. The number of benzene rings is 2. The number of nitrogens with one attached hydrogen (secondary N) is 1. The van der Waals surface area contributed by atoms with E-state index in [9.17, 15) is 24.6 Å². The molecule has 1 amide bonds. The number of amides is 1. The van der Waals surface area contributed by atoms with Gasteiger partial charge in [-0.05, 0) is 60.2 Å². The van der Waals surface area contributed by atoms with Crippen LogP contribution in [-0.4, -0.2) is 44.4 Å². The zero-order valence-corrected chi connectivity index (χ0v) is 17.0. The molecule has 0 aliphatic carbocycles. The average Bonchev–Trinajstić information content (AvgIpc) is 3.06. The Morgan fingerprint density at radius 3 is 2.68 bits per heavy atom. The van der Waals surface area contributed by atoms with Crippen LogP contribution in [-0.2, 0) is 9.59 Å². The lowest BCUT2D eigenvalue weighted by Crippen LogP contribution is -2.25. The Kier molecular flexibility index (Phi) is 6.61. The molecule has 2 aromatic carbocycles. The lowest BCUT2D eigenvalue weighted by Gasteiger charge is -2.13. The molecule has 9 nitrogen and oxygen atoms in total. The van der Waals surface area contributed by atoms with E-state index in [1.54, 1.807) is 37.3 Å². The summed E-state index contributed by atoms with van der Waals surface area (Å²) in [5, 5.41) is 30.6. The van der Waals surface area contributed by atoms with Gasteiger partial charge in [0, 0.05) is 0 Å². The van der Waals surface area contributed by atoms with Gasteiger partial charge in [0.15, 0.2) is 11.3 Å². The first-order chi connectivity index (χ1) is 14.8. The van der Waals surface area contributed by atoms with Crippen LogP contribution >= 0.6 is 11.8 Å². The van der Waals surface area contributed by atoms with Crippen molar-refractivity contribution in [3.8, 4) is 11.5 Å². The van der Waals surface area contributed by atoms with Gasteiger partial charge in [-0.2, -0.15) is 0 Å². The van der Waals surface area contributed by atoms with Gasteiger partial charge >= 0.3 is 11.9 Å². The summed E-state index contributed by atoms with van der Waals surface area (Å²) in [7, 11) is 0. The van der Waals surface area contributed by atoms with Crippen LogP contribution < -0.4 is 10.1 Å². The van der Waals surface area contributed by atoms with Crippen LogP contribution in [0.25, 0.3) is 6.08 Å². The van der Waals surface area contributed by atoms with Gasteiger partial charge in [0.25, 0.3) is 5.91 Å². The Hall–Kier alpha value is -3.79. The van der Waals surface area contributed by atoms with Gasteiger partial charge in [0.1, 0.15) is 11.5 Å². The fraction of sp³-hybridized carbons (Fsp3) is 0.143. The Morgan fingerprint density at radius 2 is 2.00 bits per heavy atom. The zero-order valence-electron chi connectivity index (χ0n) is 16.2. The minimum Gasteiger partial charge on any atom is -0.508 e. The molecule has 4 N–H and O–H groups in total. The lowest BCUT2D eigenvalue weighted by atomic mass is 10.2. The number of phenolic OH excluding ortho intramolecular Hbond substituents is 1. The Balaban J connectivity index is 1.83. The molecule has 2 aromatic rings. The topological polar surface area (TPSA) is 146 Å². The van der Waals surface area contributed by atoms with Crippen molar-refractivity contribution >= 4 is 46.5 Å². The van der Waals surface area contributed by atoms with Crippen molar-refractivity contribution < 1.29 is 34.4 Å². The van der Waals surface area contributed by atoms with Crippen LogP contribution in [0, 0.1) is 0 Å². The quantitative estimate of drug-likeness (QED) is 0.478. The van der Waals surface area contributed by atoms with Crippen molar-refractivity contribution in [2.75, 3.05) is 0 Å². The highest BCUT2D eigenvalue weighted by Gasteiger charge is 2.25. The maximum absolute atomic E-state index is 12.3. The molecule has 0 radical (unpaired) electrons. The molecule has 1 unspecified atom stereocenters. The first-order valence-corrected chi connectivity index (χ1v) is 9.94. The van der Waals surface area contributed by atoms with Crippen LogP contribution in [0.5, 0.6) is 11.5 Å². The number of aromatic carboxylic acids is 1. The highest BCUT2D eigenvalue weighted by atomic mass is 32.2. The van der Waals surface area contributed by atoms with Gasteiger partial charge in [0.05, 0.1) is 16.2 Å². The Bertz CT molecular complexity index is 1110. The molecule has 1 aliphatic rings. The molecule has 0 spiro atoms. The largest absolute Gasteiger partial charge is 0.508 e. The molecule has 1 fully saturated rings. The number of hydrogen-bond donors (Lipinski definition) is 4. The summed E-state index contributed by atoms with van der Waals surface area (Å²) in [6, 6.07) is 10.4. The molecule has 0 bridgehead atoms. The van der Waals surface area contributed by atoms with Gasteiger partial charge < -0.3 is 25.4 Å². The molecular weight excluding hydrogens is 424 g/mol. The highest BCUT2D eigenvalue weighted by Crippen LogP contribution is 2.31. The molecule has 1 aliphatic heterocycles. The second kappa shape index (κ2) is 9.35. The summed E-state index contributed by atoms with van der Waals surface area (Å²) < 4.78 is 5.47. The predicted octanol–water partition coefficient (Wildman–Crippen LogP) is 3.22. The van der Waals surface area contributed by atoms with Crippen molar-refractivity contribution in [3.05, 3.63) is 58.5 Å². The third kappa shape index (κ3) is 5.43. The monoisotopic (exact) mass is 442 g/mol. The predicted molar refractivity (Wildman–Crippen MR) is 115 cm³/mol. The van der Waals surface area contributed by atoms with E-state index in [-0.39, 0.29) is 22.2 Å². The van der Waals surface area contributed by atoms with Gasteiger partial charge in [0.2, 0.25) is 0 Å². The molecule has 0 saturated carbocycles. The van der Waals surface area contributed by atoms with E-state index in [0.717, 1.165) is 17.8 Å². The van der Waals surface area contributed by atoms with Crippen LogP contribution in [0.3, 0.4) is 0 Å². The van der Waals surface area contributed by atoms with Crippen LogP contribution in [0.1, 0.15) is 29.3 Å². The van der Waals surface area contributed by atoms with E-state index in [4.69, 9.17) is 9.84 Å². The molecule has 160 valence electrons. The summed E-state index contributed by atoms with van der Waals surface area (Å²) >= 11 is 1.02. The number of nitrogens with zero attached hydrogens (tertiary/aromatic N) is 1. The van der Waals surface area contributed by atoms with E-state index in [2.05, 4.69) is 10.3 Å². The van der Waals surface area contributed by atoms with Crippen molar-refractivity contribution in [2.24, 2.45) is 4.99 Å². The number of carbonyl (C=O) groups is 3. The van der Waals surface area contributed by atoms with E-state index in [1.165, 1.54) is 12.1 Å². The molecular formula is C21H18N2O7S. The fourth-order valence-corrected chi connectivity index (χ4v) is 3.52. The smallest absolute Gasteiger partial charge is 0.344 e. The number of carboxylic acids is 2. The molecule has 3 rings (SSSR count). The fourth-order valence-electron chi connectivity index (χ4n) is 2.68. The van der Waals surface area contributed by atoms with Gasteiger partial charge in [-0.3, -0.25) is 4.79 Å². The number of carbonyl (C=O) groups excluding carboxylic acids is 1. The van der Waals surface area contributed by atoms with Gasteiger partial charge in [-0.25, -0.2) is 14.6 Å². The number of phenols is 1. The zero-order chi connectivity index (χ0) is 22.5. The number of aromatic hydroxyl groups is 1. The number of aliphatic imine (C=N–C) groups is 1. The number of carboxylic acid groups (broad SMARTS) is 2. The second-order valence-corrected chi connectivity index (χ2v) is 7.44. The first kappa shape index (κ1) is 21.9. The number of rotatable bonds is 7. The van der Waals surface area contributed by atoms with Crippen molar-refractivity contribution in [1.82, 2.24) is 5.32 Å². The number of ether oxygens (including phenoxy) is 1. The van der Waals surface area contributed by atoms with E-state index in [0.29, 0.717) is 22.6 Å². The molecule has 1 saturated heterocycles. The van der Waals surface area contributed by atoms with Crippen molar-refractivity contribution in [3.63, 3.8) is 0 Å². The molecule has 1 heterocycles. The van der Waals surface area contributed by atoms with Crippen LogP contribution in [0.2, 0.25) is 0 Å². The molecule has 1 atom stereocenters. The normalized spacial score (nSPS) is 16.9. The van der Waals surface area contributed by atoms with Gasteiger partial charge in [-0.15, -0.1) is 0 Å². The number of thioether (sulfide) groups is 1. The lowest BCUT2D eigenvalue weighted by molar-refractivity contribution is -0.145. The Morgan fingerprint density at radius 1 is 1.23 bits per heavy atom. The minimum absolute atomic E-state index is 0.0871. The standard InChI is InChI=1S/C21H18N2O7S/c1-2-16(20(28)29)30-13-5-3-4-11(8-13)9-17-18(25)23-21(31-17)22-15-7-6-12(24)10-14(15)19(26)27/h3-10,16,24H,2H2,1H3,(H,26,27)(H,28,29)(H,22,23,25)/b17-9-. The number of amidine groups is 1. The molecule has 31 heavy (non-hydrogen) atoms. The Labute approximate surface area is 181 Å². The van der Waals surface area contributed by atoms with Crippen molar-refractivity contribution in [1.29, 1.82) is 0 Å². The number of hydrogen-bond acceptors (Lipinski definition) is 7. The third-order valence-corrected chi connectivity index (χ3v) is 5.07. The second-order valence-electron chi connectivity index (χ2n) is 6.41. The first-order valence-electron chi connectivity index (χ1n) is 9.12. The van der Waals surface area contributed by atoms with Gasteiger partial charge in [-0.1, -0.05) is 19.1 Å². The summed E-state index contributed by atoms with van der Waals surface area (Å²) in [5.41, 5.74) is 0.505. The van der Waals surface area contributed by atoms with Crippen molar-refractivity contribution in [2.45, 2.75) is 19.4 Å².